The topological polar surface area (TPSA) is 55.4 Å². The number of nitrogens with one attached hydrogen (secondary N) is 1. The Bertz CT molecular complexity index is 272. The van der Waals surface area contributed by atoms with Crippen LogP contribution in [0, 0.1) is 5.92 Å². The Morgan fingerprint density at radius 3 is 2.50 bits per heavy atom. The third kappa shape index (κ3) is 4.67. The van der Waals surface area contributed by atoms with Gasteiger partial charge in [0.1, 0.15) is 6.04 Å². The highest BCUT2D eigenvalue weighted by molar-refractivity contribution is 5.85. The molecule has 0 heterocycles. The average Bonchev–Trinajstić information content (AvgIpc) is 2.43. The minimum atomic E-state index is -0.468. The molecule has 1 amide bonds. The van der Waals surface area contributed by atoms with E-state index in [4.69, 9.17) is 4.74 Å². The van der Waals surface area contributed by atoms with E-state index >= 15 is 0 Å². The van der Waals surface area contributed by atoms with E-state index in [2.05, 4.69) is 12.2 Å². The summed E-state index contributed by atoms with van der Waals surface area (Å²) in [6.45, 7) is 2.07. The molecule has 1 aliphatic rings. The second-order valence-corrected chi connectivity index (χ2v) is 5.06. The minimum absolute atomic E-state index is 0.0289. The van der Waals surface area contributed by atoms with Gasteiger partial charge in [-0.1, -0.05) is 39.0 Å². The van der Waals surface area contributed by atoms with Gasteiger partial charge >= 0.3 is 5.97 Å². The molecule has 4 nitrogen and oxygen atoms in total. The van der Waals surface area contributed by atoms with Crippen LogP contribution in [0.1, 0.15) is 58.3 Å². The summed E-state index contributed by atoms with van der Waals surface area (Å²) < 4.78 is 4.74. The molecule has 0 radical (unpaired) electrons. The Hall–Kier alpha value is -1.06. The highest BCUT2D eigenvalue weighted by Crippen LogP contribution is 2.23. The van der Waals surface area contributed by atoms with Crippen molar-refractivity contribution >= 4 is 11.9 Å². The molecule has 1 saturated carbocycles. The molecule has 1 aliphatic carbocycles. The van der Waals surface area contributed by atoms with E-state index < -0.39 is 6.04 Å². The van der Waals surface area contributed by atoms with Gasteiger partial charge in [-0.2, -0.15) is 0 Å². The quantitative estimate of drug-likeness (QED) is 0.742. The van der Waals surface area contributed by atoms with Crippen molar-refractivity contribution in [1.82, 2.24) is 5.32 Å². The lowest BCUT2D eigenvalue weighted by molar-refractivity contribution is -0.146. The zero-order chi connectivity index (χ0) is 13.4. The van der Waals surface area contributed by atoms with Crippen LogP contribution in [-0.2, 0) is 14.3 Å². The van der Waals surface area contributed by atoms with Crippen molar-refractivity contribution in [2.45, 2.75) is 64.3 Å². The van der Waals surface area contributed by atoms with Gasteiger partial charge in [0.25, 0.3) is 0 Å². The number of hydrogen-bond donors (Lipinski definition) is 1. The average molecular weight is 255 g/mol. The van der Waals surface area contributed by atoms with Gasteiger partial charge in [0, 0.05) is 5.92 Å². The summed E-state index contributed by atoms with van der Waals surface area (Å²) in [4.78, 5) is 23.7. The van der Waals surface area contributed by atoms with E-state index in [9.17, 15) is 9.59 Å². The van der Waals surface area contributed by atoms with Crippen LogP contribution in [0.15, 0.2) is 0 Å². The lowest BCUT2D eigenvalue weighted by atomic mass is 9.88. The molecule has 0 unspecified atom stereocenters. The molecule has 4 heteroatoms. The summed E-state index contributed by atoms with van der Waals surface area (Å²) in [6.07, 6.45) is 7.96. The summed E-state index contributed by atoms with van der Waals surface area (Å²) in [5.74, 6) is -0.207. The van der Waals surface area contributed by atoms with Crippen LogP contribution < -0.4 is 5.32 Å². The number of hydrogen-bond acceptors (Lipinski definition) is 3. The summed E-state index contributed by atoms with van der Waals surface area (Å²) in [7, 11) is 1.37. The fourth-order valence-corrected chi connectivity index (χ4v) is 2.45. The molecule has 1 fully saturated rings. The molecule has 1 atom stereocenters. The van der Waals surface area contributed by atoms with Crippen molar-refractivity contribution in [3.63, 3.8) is 0 Å². The molecular weight excluding hydrogens is 230 g/mol. The lowest BCUT2D eigenvalue weighted by Crippen LogP contribution is -2.44. The number of carbonyl (C=O) groups excluding carboxylic acids is 2. The molecule has 1 N–H and O–H groups in total. The van der Waals surface area contributed by atoms with Crippen molar-refractivity contribution in [3.05, 3.63) is 0 Å². The Labute approximate surface area is 109 Å². The predicted molar refractivity (Wildman–Crippen MR) is 70.0 cm³/mol. The van der Waals surface area contributed by atoms with Crippen LogP contribution in [0.2, 0.25) is 0 Å². The van der Waals surface area contributed by atoms with E-state index in [0.717, 1.165) is 38.5 Å². The monoisotopic (exact) mass is 255 g/mol. The maximum absolute atomic E-state index is 12.1. The minimum Gasteiger partial charge on any atom is -0.467 e. The smallest absolute Gasteiger partial charge is 0.328 e. The highest BCUT2D eigenvalue weighted by atomic mass is 16.5. The van der Waals surface area contributed by atoms with E-state index in [1.165, 1.54) is 13.5 Å². The van der Waals surface area contributed by atoms with Gasteiger partial charge in [0.2, 0.25) is 5.91 Å². The molecule has 0 saturated heterocycles. The lowest BCUT2D eigenvalue weighted by Gasteiger charge is -2.23. The van der Waals surface area contributed by atoms with Gasteiger partial charge in [-0.25, -0.2) is 4.79 Å². The van der Waals surface area contributed by atoms with Gasteiger partial charge in [0.05, 0.1) is 7.11 Å². The summed E-state index contributed by atoms with van der Waals surface area (Å²) in [5, 5.41) is 2.86. The first kappa shape index (κ1) is 15.0. The fraction of sp³-hybridized carbons (Fsp3) is 0.857. The SMILES string of the molecule is CCCC[C@@H](NC(=O)C1CCCCC1)C(=O)OC. The molecule has 0 aromatic heterocycles. The van der Waals surface area contributed by atoms with Gasteiger partial charge in [-0.3, -0.25) is 4.79 Å². The van der Waals surface area contributed by atoms with Crippen LogP contribution in [0.25, 0.3) is 0 Å². The van der Waals surface area contributed by atoms with Crippen molar-refractivity contribution in [1.29, 1.82) is 0 Å². The van der Waals surface area contributed by atoms with Gasteiger partial charge < -0.3 is 10.1 Å². The van der Waals surface area contributed by atoms with E-state index in [1.54, 1.807) is 0 Å². The summed E-state index contributed by atoms with van der Waals surface area (Å²) >= 11 is 0. The van der Waals surface area contributed by atoms with Crippen LogP contribution >= 0.6 is 0 Å². The molecule has 0 aromatic rings. The standard InChI is InChI=1S/C14H25NO3/c1-3-4-10-12(14(17)18-2)15-13(16)11-8-6-5-7-9-11/h11-12H,3-10H2,1-2H3,(H,15,16)/t12-/m1/s1. The van der Waals surface area contributed by atoms with Crippen molar-refractivity contribution in [2.75, 3.05) is 7.11 Å². The first-order valence-corrected chi connectivity index (χ1v) is 7.07. The number of ether oxygens (including phenoxy) is 1. The molecule has 18 heavy (non-hydrogen) atoms. The molecule has 0 spiro atoms. The number of unbranched alkanes of at least 4 members (excludes halogenated alkanes) is 1. The maximum Gasteiger partial charge on any atom is 0.328 e. The Morgan fingerprint density at radius 2 is 1.94 bits per heavy atom. The number of methoxy groups -OCH3 is 1. The van der Waals surface area contributed by atoms with E-state index in [1.807, 2.05) is 0 Å². The highest BCUT2D eigenvalue weighted by Gasteiger charge is 2.26. The Morgan fingerprint density at radius 1 is 1.28 bits per heavy atom. The van der Waals surface area contributed by atoms with Crippen molar-refractivity contribution < 1.29 is 14.3 Å². The Kier molecular flexibility index (Phi) is 6.76. The van der Waals surface area contributed by atoms with Gasteiger partial charge in [-0.05, 0) is 19.3 Å². The second-order valence-electron chi connectivity index (χ2n) is 5.06. The van der Waals surface area contributed by atoms with E-state index in [-0.39, 0.29) is 17.8 Å². The molecule has 104 valence electrons. The largest absolute Gasteiger partial charge is 0.467 e. The van der Waals surface area contributed by atoms with Crippen LogP contribution in [0.5, 0.6) is 0 Å². The molecular formula is C14H25NO3. The maximum atomic E-state index is 12.1. The zero-order valence-electron chi connectivity index (χ0n) is 11.5. The fourth-order valence-electron chi connectivity index (χ4n) is 2.45. The first-order valence-electron chi connectivity index (χ1n) is 7.07. The second kappa shape index (κ2) is 8.11. The number of esters is 1. The molecule has 0 aromatic carbocycles. The summed E-state index contributed by atoms with van der Waals surface area (Å²) in [5.41, 5.74) is 0. The summed E-state index contributed by atoms with van der Waals surface area (Å²) in [6, 6.07) is -0.468. The van der Waals surface area contributed by atoms with E-state index in [0.29, 0.717) is 6.42 Å². The third-order valence-electron chi connectivity index (χ3n) is 3.62. The van der Waals surface area contributed by atoms with Crippen molar-refractivity contribution in [2.24, 2.45) is 5.92 Å². The number of rotatable bonds is 6. The Balaban J connectivity index is 2.47. The molecule has 0 bridgehead atoms. The third-order valence-corrected chi connectivity index (χ3v) is 3.62. The zero-order valence-corrected chi connectivity index (χ0v) is 11.5. The molecule has 1 rings (SSSR count). The van der Waals surface area contributed by atoms with Crippen LogP contribution in [0.4, 0.5) is 0 Å². The molecule has 0 aliphatic heterocycles. The van der Waals surface area contributed by atoms with Crippen LogP contribution in [0.3, 0.4) is 0 Å². The van der Waals surface area contributed by atoms with Gasteiger partial charge in [0.15, 0.2) is 0 Å². The van der Waals surface area contributed by atoms with Crippen LogP contribution in [-0.4, -0.2) is 25.0 Å². The number of amides is 1. The normalized spacial score (nSPS) is 18.1. The number of carbonyl (C=O) groups is 2. The van der Waals surface area contributed by atoms with Gasteiger partial charge in [-0.15, -0.1) is 0 Å². The van der Waals surface area contributed by atoms with Crippen molar-refractivity contribution in [3.8, 4) is 0 Å². The predicted octanol–water partition coefficient (Wildman–Crippen LogP) is 2.41. The first-order chi connectivity index (χ1) is 8.69.